The molecule has 0 aliphatic heterocycles. The van der Waals surface area contributed by atoms with Gasteiger partial charge in [-0.3, -0.25) is 10.1 Å². The highest BCUT2D eigenvalue weighted by Crippen LogP contribution is 2.17. The Hall–Kier alpha value is -1.43. The van der Waals surface area contributed by atoms with Crippen molar-refractivity contribution in [1.82, 2.24) is 4.98 Å². The highest BCUT2D eigenvalue weighted by Gasteiger charge is 2.16. The number of ether oxygens (including phenoxy) is 1. The third kappa shape index (κ3) is 3.32. The number of nitrogens with zero attached hydrogens (tertiary/aromatic N) is 1. The van der Waals surface area contributed by atoms with Gasteiger partial charge in [0, 0.05) is 11.1 Å². The Bertz CT molecular complexity index is 362. The van der Waals surface area contributed by atoms with Crippen LogP contribution in [0.3, 0.4) is 0 Å². The lowest BCUT2D eigenvalue weighted by Crippen LogP contribution is -2.24. The second-order valence-corrected chi connectivity index (χ2v) is 3.78. The first-order valence-corrected chi connectivity index (χ1v) is 5.41. The van der Waals surface area contributed by atoms with Gasteiger partial charge in [0.25, 0.3) is 0 Å². The molecule has 0 aromatic carbocycles. The molecule has 0 saturated carbocycles. The predicted molar refractivity (Wildman–Crippen MR) is 56.8 cm³/mol. The number of anilines is 1. The van der Waals surface area contributed by atoms with Crippen molar-refractivity contribution in [3.8, 4) is 0 Å². The average Bonchev–Trinajstić information content (AvgIpc) is 2.66. The number of hydrogen-bond acceptors (Lipinski definition) is 5. The van der Waals surface area contributed by atoms with Gasteiger partial charge in [-0.2, -0.15) is 0 Å². The summed E-state index contributed by atoms with van der Waals surface area (Å²) < 4.78 is 4.53. The van der Waals surface area contributed by atoms with Gasteiger partial charge in [0.1, 0.15) is 0 Å². The number of carbonyl (C=O) groups excluding carboxylic acids is 2. The lowest BCUT2D eigenvalue weighted by atomic mass is 10.4. The van der Waals surface area contributed by atoms with Crippen molar-refractivity contribution in [2.24, 2.45) is 0 Å². The van der Waals surface area contributed by atoms with Crippen LogP contribution in [0.4, 0.5) is 5.13 Å². The average molecular weight is 228 g/mol. The zero-order valence-electron chi connectivity index (χ0n) is 8.57. The molecule has 0 bridgehead atoms. The Morgan fingerprint density at radius 2 is 2.27 bits per heavy atom. The minimum Gasteiger partial charge on any atom is -0.459 e. The van der Waals surface area contributed by atoms with Crippen LogP contribution < -0.4 is 5.32 Å². The van der Waals surface area contributed by atoms with Crippen LogP contribution in [-0.4, -0.2) is 23.5 Å². The summed E-state index contributed by atoms with van der Waals surface area (Å²) in [6, 6.07) is 0. The molecule has 0 radical (unpaired) electrons. The largest absolute Gasteiger partial charge is 0.459 e. The first kappa shape index (κ1) is 11.6. The molecule has 15 heavy (non-hydrogen) atoms. The molecular formula is C9H12N2O3S. The number of hydrogen-bond donors (Lipinski definition) is 1. The highest BCUT2D eigenvalue weighted by atomic mass is 32.1. The SMILES string of the molecule is CCOC(=O)C(=O)Nc1ncc(CC)s1. The van der Waals surface area contributed by atoms with Crippen molar-refractivity contribution in [3.63, 3.8) is 0 Å². The van der Waals surface area contributed by atoms with Gasteiger partial charge in [0.15, 0.2) is 5.13 Å². The molecule has 1 aromatic heterocycles. The van der Waals surface area contributed by atoms with Gasteiger partial charge >= 0.3 is 11.9 Å². The number of nitrogens with one attached hydrogen (secondary N) is 1. The van der Waals surface area contributed by atoms with Crippen LogP contribution in [0.15, 0.2) is 6.20 Å². The van der Waals surface area contributed by atoms with E-state index in [9.17, 15) is 9.59 Å². The summed E-state index contributed by atoms with van der Waals surface area (Å²) in [4.78, 5) is 27.1. The first-order chi connectivity index (χ1) is 7.17. The van der Waals surface area contributed by atoms with E-state index in [1.54, 1.807) is 13.1 Å². The molecule has 0 atom stereocenters. The van der Waals surface area contributed by atoms with E-state index in [-0.39, 0.29) is 6.61 Å². The maximum atomic E-state index is 11.2. The van der Waals surface area contributed by atoms with Gasteiger partial charge in [-0.25, -0.2) is 9.78 Å². The van der Waals surface area contributed by atoms with E-state index in [2.05, 4.69) is 15.0 Å². The molecular weight excluding hydrogens is 216 g/mol. The molecule has 82 valence electrons. The zero-order chi connectivity index (χ0) is 11.3. The lowest BCUT2D eigenvalue weighted by molar-refractivity contribution is -0.152. The number of aryl methyl sites for hydroxylation is 1. The van der Waals surface area contributed by atoms with Gasteiger partial charge < -0.3 is 4.74 Å². The minimum absolute atomic E-state index is 0.185. The van der Waals surface area contributed by atoms with Gasteiger partial charge in [0.2, 0.25) is 0 Å². The molecule has 5 nitrogen and oxygen atoms in total. The van der Waals surface area contributed by atoms with E-state index < -0.39 is 11.9 Å². The fourth-order valence-corrected chi connectivity index (χ4v) is 1.62. The molecule has 1 heterocycles. The van der Waals surface area contributed by atoms with E-state index >= 15 is 0 Å². The van der Waals surface area contributed by atoms with E-state index in [0.717, 1.165) is 11.3 Å². The van der Waals surface area contributed by atoms with Crippen LogP contribution >= 0.6 is 11.3 Å². The molecule has 0 aliphatic carbocycles. The summed E-state index contributed by atoms with van der Waals surface area (Å²) in [5.74, 6) is -1.67. The summed E-state index contributed by atoms with van der Waals surface area (Å²) in [6.45, 7) is 3.82. The Kier molecular flexibility index (Phi) is 4.23. The van der Waals surface area contributed by atoms with Crippen molar-refractivity contribution in [2.75, 3.05) is 11.9 Å². The summed E-state index contributed by atoms with van der Waals surface area (Å²) >= 11 is 1.35. The Balaban J connectivity index is 2.54. The highest BCUT2D eigenvalue weighted by molar-refractivity contribution is 7.15. The van der Waals surface area contributed by atoms with Crippen LogP contribution in [0.2, 0.25) is 0 Å². The quantitative estimate of drug-likeness (QED) is 0.623. The molecule has 6 heteroatoms. The Labute approximate surface area is 91.5 Å². The van der Waals surface area contributed by atoms with Crippen molar-refractivity contribution in [1.29, 1.82) is 0 Å². The summed E-state index contributed by atoms with van der Waals surface area (Å²) in [5, 5.41) is 2.80. The van der Waals surface area contributed by atoms with Crippen LogP contribution in [0.5, 0.6) is 0 Å². The molecule has 0 unspecified atom stereocenters. The monoisotopic (exact) mass is 228 g/mol. The fourth-order valence-electron chi connectivity index (χ4n) is 0.874. The zero-order valence-corrected chi connectivity index (χ0v) is 9.39. The normalized spacial score (nSPS) is 9.73. The molecule has 1 amide bonds. The third-order valence-electron chi connectivity index (χ3n) is 1.58. The predicted octanol–water partition coefficient (Wildman–Crippen LogP) is 1.21. The molecule has 1 N–H and O–H groups in total. The Morgan fingerprint density at radius 3 is 2.80 bits per heavy atom. The standard InChI is InChI=1S/C9H12N2O3S/c1-3-6-5-10-9(15-6)11-7(12)8(13)14-4-2/h5H,3-4H2,1-2H3,(H,10,11,12). The van der Waals surface area contributed by atoms with Crippen molar-refractivity contribution in [2.45, 2.75) is 20.3 Å². The van der Waals surface area contributed by atoms with Crippen LogP contribution in [0.25, 0.3) is 0 Å². The van der Waals surface area contributed by atoms with Crippen molar-refractivity contribution in [3.05, 3.63) is 11.1 Å². The fraction of sp³-hybridized carbons (Fsp3) is 0.444. The summed E-state index contributed by atoms with van der Waals surface area (Å²) in [5.41, 5.74) is 0. The number of rotatable bonds is 3. The number of thiazole rings is 1. The third-order valence-corrected chi connectivity index (χ3v) is 2.64. The summed E-state index contributed by atoms with van der Waals surface area (Å²) in [6.07, 6.45) is 2.53. The second-order valence-electron chi connectivity index (χ2n) is 2.66. The topological polar surface area (TPSA) is 68.3 Å². The van der Waals surface area contributed by atoms with E-state index in [1.807, 2.05) is 6.92 Å². The number of aromatic nitrogens is 1. The lowest BCUT2D eigenvalue weighted by Gasteiger charge is -2.00. The first-order valence-electron chi connectivity index (χ1n) is 4.60. The van der Waals surface area contributed by atoms with E-state index in [4.69, 9.17) is 0 Å². The second kappa shape index (κ2) is 5.45. The van der Waals surface area contributed by atoms with Crippen molar-refractivity contribution < 1.29 is 14.3 Å². The van der Waals surface area contributed by atoms with Crippen LogP contribution in [-0.2, 0) is 20.7 Å². The molecule has 0 spiro atoms. The number of carbonyl (C=O) groups is 2. The molecule has 0 fully saturated rings. The summed E-state index contributed by atoms with van der Waals surface area (Å²) in [7, 11) is 0. The van der Waals surface area contributed by atoms with Gasteiger partial charge in [-0.1, -0.05) is 6.92 Å². The smallest absolute Gasteiger partial charge is 0.397 e. The molecule has 1 rings (SSSR count). The van der Waals surface area contributed by atoms with Gasteiger partial charge in [-0.15, -0.1) is 11.3 Å². The minimum atomic E-state index is -0.884. The van der Waals surface area contributed by atoms with Crippen LogP contribution in [0.1, 0.15) is 18.7 Å². The number of amides is 1. The maximum Gasteiger partial charge on any atom is 0.397 e. The van der Waals surface area contributed by atoms with Gasteiger partial charge in [-0.05, 0) is 13.3 Å². The number of esters is 1. The van der Waals surface area contributed by atoms with Gasteiger partial charge in [0.05, 0.1) is 6.61 Å². The maximum absolute atomic E-state index is 11.2. The van der Waals surface area contributed by atoms with Crippen molar-refractivity contribution >= 4 is 28.3 Å². The van der Waals surface area contributed by atoms with E-state index in [1.165, 1.54) is 11.3 Å². The van der Waals surface area contributed by atoms with E-state index in [0.29, 0.717) is 5.13 Å². The Morgan fingerprint density at radius 1 is 1.53 bits per heavy atom. The van der Waals surface area contributed by atoms with Crippen LogP contribution in [0, 0.1) is 0 Å². The molecule has 1 aromatic rings. The molecule has 0 aliphatic rings. The molecule has 0 saturated heterocycles.